The Labute approximate surface area is 119 Å². The molecule has 1 rings (SSSR count). The van der Waals surface area contributed by atoms with Crippen molar-refractivity contribution in [2.45, 2.75) is 30.4 Å². The molecule has 0 aliphatic rings. The third-order valence-corrected chi connectivity index (χ3v) is 4.31. The molecule has 0 spiro atoms. The number of nitrogens with zero attached hydrogens (tertiary/aromatic N) is 1. The molecule has 0 unspecified atom stereocenters. The minimum Gasteiger partial charge on any atom is -0.480 e. The van der Waals surface area contributed by atoms with E-state index in [0.29, 0.717) is 11.3 Å². The fourth-order valence-corrected chi connectivity index (χ4v) is 2.44. The molecule has 110 valence electrons. The second-order valence-electron chi connectivity index (χ2n) is 4.75. The number of thioether (sulfide) groups is 1. The molecule has 0 bridgehead atoms. The quantitative estimate of drug-likeness (QED) is 0.616. The smallest absolute Gasteiger partial charge is 0.321 e. The molecular weight excluding hydrogens is 287 g/mol. The van der Waals surface area contributed by atoms with Crippen LogP contribution in [0.4, 0.5) is 10.1 Å². The van der Waals surface area contributed by atoms with Gasteiger partial charge >= 0.3 is 11.7 Å². The van der Waals surface area contributed by atoms with Crippen molar-refractivity contribution in [1.82, 2.24) is 0 Å². The van der Waals surface area contributed by atoms with Gasteiger partial charge in [-0.25, -0.2) is 0 Å². The van der Waals surface area contributed by atoms with Crippen LogP contribution in [0.2, 0.25) is 0 Å². The van der Waals surface area contributed by atoms with Crippen molar-refractivity contribution in [3.05, 3.63) is 39.7 Å². The van der Waals surface area contributed by atoms with E-state index < -0.39 is 33.2 Å². The highest BCUT2D eigenvalue weighted by Gasteiger charge is 2.32. The lowest BCUT2D eigenvalue weighted by Crippen LogP contribution is -2.46. The minimum atomic E-state index is -1.11. The highest BCUT2D eigenvalue weighted by molar-refractivity contribution is 7.99. The minimum absolute atomic E-state index is 0.308. The summed E-state index contributed by atoms with van der Waals surface area (Å²) in [4.78, 5) is 20.6. The third-order valence-electron chi connectivity index (χ3n) is 2.83. The summed E-state index contributed by atoms with van der Waals surface area (Å²) in [6, 6.07) is 2.55. The molecule has 0 aliphatic carbocycles. The fraction of sp³-hybridized carbons (Fsp3) is 0.417. The number of rotatable bonds is 6. The molecule has 0 saturated heterocycles. The van der Waals surface area contributed by atoms with Crippen LogP contribution in [0.3, 0.4) is 0 Å². The number of halogens is 1. The van der Waals surface area contributed by atoms with Gasteiger partial charge in [0.2, 0.25) is 5.82 Å². The first-order chi connectivity index (χ1) is 9.15. The largest absolute Gasteiger partial charge is 0.480 e. The molecule has 8 heteroatoms. The summed E-state index contributed by atoms with van der Waals surface area (Å²) in [5.74, 6) is -1.71. The van der Waals surface area contributed by atoms with E-state index in [9.17, 15) is 19.3 Å². The van der Waals surface area contributed by atoms with Gasteiger partial charge in [0.15, 0.2) is 0 Å². The van der Waals surface area contributed by atoms with Crippen molar-refractivity contribution in [2.24, 2.45) is 5.73 Å². The average Bonchev–Trinajstić information content (AvgIpc) is 2.35. The van der Waals surface area contributed by atoms with E-state index in [4.69, 9.17) is 10.8 Å². The Morgan fingerprint density at radius 1 is 1.60 bits per heavy atom. The summed E-state index contributed by atoms with van der Waals surface area (Å²) < 4.78 is 12.7. The number of benzene rings is 1. The summed E-state index contributed by atoms with van der Waals surface area (Å²) in [7, 11) is 0. The van der Waals surface area contributed by atoms with Gasteiger partial charge in [-0.1, -0.05) is 6.07 Å². The topological polar surface area (TPSA) is 106 Å². The molecule has 0 amide bonds. The molecule has 0 aromatic heterocycles. The SMILES string of the molecule is CC(C)(SCc1ccc([N+](=O)[O-])c(F)c1)[C@@H](N)C(=O)O. The summed E-state index contributed by atoms with van der Waals surface area (Å²) in [5.41, 5.74) is 5.52. The maximum atomic E-state index is 13.4. The molecule has 3 N–H and O–H groups in total. The van der Waals surface area contributed by atoms with Gasteiger partial charge in [-0.2, -0.15) is 4.39 Å². The van der Waals surface area contributed by atoms with E-state index >= 15 is 0 Å². The summed E-state index contributed by atoms with van der Waals surface area (Å²) in [6.07, 6.45) is 0. The molecule has 0 aliphatic heterocycles. The second kappa shape index (κ2) is 6.19. The van der Waals surface area contributed by atoms with E-state index in [-0.39, 0.29) is 0 Å². The highest BCUT2D eigenvalue weighted by Crippen LogP contribution is 2.31. The van der Waals surface area contributed by atoms with Gasteiger partial charge in [0.1, 0.15) is 6.04 Å². The first-order valence-electron chi connectivity index (χ1n) is 5.70. The van der Waals surface area contributed by atoms with Crippen LogP contribution >= 0.6 is 11.8 Å². The first kappa shape index (κ1) is 16.4. The number of nitrogens with two attached hydrogens (primary N) is 1. The lowest BCUT2D eigenvalue weighted by molar-refractivity contribution is -0.387. The zero-order valence-corrected chi connectivity index (χ0v) is 11.8. The van der Waals surface area contributed by atoms with Gasteiger partial charge in [0, 0.05) is 16.6 Å². The number of carboxylic acid groups (broad SMARTS) is 1. The third kappa shape index (κ3) is 3.91. The van der Waals surface area contributed by atoms with Crippen molar-refractivity contribution in [3.8, 4) is 0 Å². The van der Waals surface area contributed by atoms with Crippen LogP contribution in [0.5, 0.6) is 0 Å². The van der Waals surface area contributed by atoms with E-state index in [0.717, 1.165) is 12.1 Å². The molecule has 6 nitrogen and oxygen atoms in total. The van der Waals surface area contributed by atoms with E-state index in [2.05, 4.69) is 0 Å². The van der Waals surface area contributed by atoms with Gasteiger partial charge < -0.3 is 10.8 Å². The van der Waals surface area contributed by atoms with Gasteiger partial charge in [-0.15, -0.1) is 11.8 Å². The fourth-order valence-electron chi connectivity index (χ4n) is 1.44. The zero-order valence-electron chi connectivity index (χ0n) is 11.0. The summed E-state index contributed by atoms with van der Waals surface area (Å²) >= 11 is 1.25. The number of carboxylic acids is 1. The Balaban J connectivity index is 2.78. The van der Waals surface area contributed by atoms with Gasteiger partial charge in [-0.05, 0) is 25.5 Å². The molecule has 20 heavy (non-hydrogen) atoms. The predicted octanol–water partition coefficient (Wildman–Crippen LogP) is 2.16. The Morgan fingerprint density at radius 3 is 2.65 bits per heavy atom. The predicted molar refractivity (Wildman–Crippen MR) is 74.0 cm³/mol. The van der Waals surface area contributed by atoms with Crippen LogP contribution in [0.1, 0.15) is 19.4 Å². The van der Waals surface area contributed by atoms with E-state index in [1.54, 1.807) is 13.8 Å². The first-order valence-corrected chi connectivity index (χ1v) is 6.69. The van der Waals surface area contributed by atoms with Crippen molar-refractivity contribution < 1.29 is 19.2 Å². The van der Waals surface area contributed by atoms with Crippen molar-refractivity contribution in [3.63, 3.8) is 0 Å². The average molecular weight is 302 g/mol. The number of hydrogen-bond donors (Lipinski definition) is 2. The normalized spacial score (nSPS) is 13.0. The van der Waals surface area contributed by atoms with E-state index in [1.807, 2.05) is 0 Å². The molecule has 0 heterocycles. The van der Waals surface area contributed by atoms with Crippen molar-refractivity contribution >= 4 is 23.4 Å². The van der Waals surface area contributed by atoms with Gasteiger partial charge in [0.25, 0.3) is 0 Å². The maximum Gasteiger partial charge on any atom is 0.321 e. The Bertz CT molecular complexity index is 536. The van der Waals surface area contributed by atoms with E-state index in [1.165, 1.54) is 17.8 Å². The molecule has 1 aromatic carbocycles. The van der Waals surface area contributed by atoms with Crippen LogP contribution in [-0.2, 0) is 10.5 Å². The van der Waals surface area contributed by atoms with Crippen LogP contribution in [0, 0.1) is 15.9 Å². The zero-order chi connectivity index (χ0) is 15.5. The lowest BCUT2D eigenvalue weighted by Gasteiger charge is -2.27. The van der Waals surface area contributed by atoms with Gasteiger partial charge in [-0.3, -0.25) is 14.9 Å². The van der Waals surface area contributed by atoms with Crippen LogP contribution in [0.25, 0.3) is 0 Å². The molecular formula is C12H15FN2O4S. The number of hydrogen-bond acceptors (Lipinski definition) is 5. The lowest BCUT2D eigenvalue weighted by atomic mass is 10.1. The molecule has 0 radical (unpaired) electrons. The monoisotopic (exact) mass is 302 g/mol. The molecule has 0 saturated carbocycles. The van der Waals surface area contributed by atoms with Crippen LogP contribution in [0.15, 0.2) is 18.2 Å². The van der Waals surface area contributed by atoms with Crippen LogP contribution < -0.4 is 5.73 Å². The maximum absolute atomic E-state index is 13.4. The molecule has 1 aromatic rings. The van der Waals surface area contributed by atoms with Crippen molar-refractivity contribution in [1.29, 1.82) is 0 Å². The molecule has 1 atom stereocenters. The Kier molecular flexibility index (Phi) is 5.07. The van der Waals surface area contributed by atoms with Crippen LogP contribution in [-0.4, -0.2) is 26.8 Å². The summed E-state index contributed by atoms with van der Waals surface area (Å²) in [5, 5.41) is 19.4. The Morgan fingerprint density at radius 2 is 2.20 bits per heavy atom. The highest BCUT2D eigenvalue weighted by atomic mass is 32.2. The number of nitro benzene ring substituents is 1. The second-order valence-corrected chi connectivity index (χ2v) is 6.38. The summed E-state index contributed by atoms with van der Waals surface area (Å²) in [6.45, 7) is 3.36. The Hall–Kier alpha value is -1.67. The standard InChI is InChI=1S/C12H15FN2O4S/c1-12(2,10(14)11(16)17)20-6-7-3-4-9(15(18)19)8(13)5-7/h3-5,10H,6,14H2,1-2H3,(H,16,17)/t10-/m0/s1. The van der Waals surface area contributed by atoms with Gasteiger partial charge in [0.05, 0.1) is 4.92 Å². The number of nitro groups is 1. The number of aliphatic carboxylic acids is 1. The molecule has 0 fully saturated rings. The number of carbonyl (C=O) groups is 1. The van der Waals surface area contributed by atoms with Crippen molar-refractivity contribution in [2.75, 3.05) is 0 Å².